The monoisotopic (exact) mass is 580 g/mol. The minimum atomic E-state index is -4.48. The van der Waals surface area contributed by atoms with Gasteiger partial charge in [-0.1, -0.05) is 30.3 Å². The average molecular weight is 581 g/mol. The molecule has 3 aromatic carbocycles. The Labute approximate surface area is 241 Å². The maximum absolute atomic E-state index is 13.9. The summed E-state index contributed by atoms with van der Waals surface area (Å²) in [5.41, 5.74) is -0.0566. The van der Waals surface area contributed by atoms with Crippen LogP contribution >= 0.6 is 0 Å². The largest absolute Gasteiger partial charge is 0.497 e. The highest BCUT2D eigenvalue weighted by molar-refractivity contribution is 5.97. The third-order valence-corrected chi connectivity index (χ3v) is 7.88. The number of nitrogens with one attached hydrogen (secondary N) is 1. The van der Waals surface area contributed by atoms with E-state index >= 15 is 0 Å². The first-order valence-corrected chi connectivity index (χ1v) is 13.6. The number of halogens is 3. The number of likely N-dealkylation sites (tertiary alicyclic amines) is 1. The summed E-state index contributed by atoms with van der Waals surface area (Å²) in [6.07, 6.45) is -3.72. The van der Waals surface area contributed by atoms with E-state index in [1.54, 1.807) is 36.3 Å². The van der Waals surface area contributed by atoms with E-state index in [9.17, 15) is 27.6 Å². The Hall–Kier alpha value is -4.54. The van der Waals surface area contributed by atoms with E-state index in [0.29, 0.717) is 42.8 Å². The number of methoxy groups -OCH3 is 1. The summed E-state index contributed by atoms with van der Waals surface area (Å²) in [5, 5.41) is 2.64. The van der Waals surface area contributed by atoms with Crippen LogP contribution in [0, 0.1) is 0 Å². The summed E-state index contributed by atoms with van der Waals surface area (Å²) < 4.78 is 44.3. The highest BCUT2D eigenvalue weighted by Gasteiger charge is 2.54. The van der Waals surface area contributed by atoms with Crippen molar-refractivity contribution in [2.45, 2.75) is 31.1 Å². The molecule has 11 heteroatoms. The van der Waals surface area contributed by atoms with Gasteiger partial charge in [-0.15, -0.1) is 0 Å². The smallest absolute Gasteiger partial charge is 0.416 e. The van der Waals surface area contributed by atoms with E-state index in [2.05, 4.69) is 5.32 Å². The van der Waals surface area contributed by atoms with Crippen molar-refractivity contribution >= 4 is 23.4 Å². The molecule has 3 aromatic rings. The predicted molar refractivity (Wildman–Crippen MR) is 150 cm³/mol. The Balaban J connectivity index is 1.27. The number of para-hydroxylation sites is 1. The number of hydrogen-bond donors (Lipinski definition) is 1. The Bertz CT molecular complexity index is 1440. The third kappa shape index (κ3) is 5.90. The summed E-state index contributed by atoms with van der Waals surface area (Å²) in [5.74, 6) is -0.164. The van der Waals surface area contributed by atoms with Crippen LogP contribution in [0.25, 0.3) is 0 Å². The fraction of sp³-hybridized carbons (Fsp3) is 0.323. The van der Waals surface area contributed by atoms with Gasteiger partial charge in [0.15, 0.2) is 0 Å². The molecule has 2 aliphatic heterocycles. The van der Waals surface area contributed by atoms with E-state index in [0.717, 1.165) is 17.8 Å². The number of anilines is 1. The fourth-order valence-electron chi connectivity index (χ4n) is 5.61. The predicted octanol–water partition coefficient (Wildman–Crippen LogP) is 4.31. The number of nitrogens with zero attached hydrogens (tertiary/aromatic N) is 3. The van der Waals surface area contributed by atoms with E-state index in [1.165, 1.54) is 17.0 Å². The van der Waals surface area contributed by atoms with Gasteiger partial charge in [-0.05, 0) is 66.9 Å². The first kappa shape index (κ1) is 29.0. The van der Waals surface area contributed by atoms with Crippen LogP contribution in [0.4, 0.5) is 18.9 Å². The van der Waals surface area contributed by atoms with Crippen LogP contribution in [-0.4, -0.2) is 66.5 Å². The van der Waals surface area contributed by atoms with Crippen LogP contribution in [0.3, 0.4) is 0 Å². The molecular formula is C31H31F3N4O4. The number of benzene rings is 3. The summed E-state index contributed by atoms with van der Waals surface area (Å²) in [4.78, 5) is 45.1. The summed E-state index contributed by atoms with van der Waals surface area (Å²) in [6, 6.07) is 21.1. The summed E-state index contributed by atoms with van der Waals surface area (Å²) in [7, 11) is 1.56. The maximum Gasteiger partial charge on any atom is 0.416 e. The second kappa shape index (κ2) is 11.8. The van der Waals surface area contributed by atoms with Crippen molar-refractivity contribution in [3.63, 3.8) is 0 Å². The zero-order valence-corrected chi connectivity index (χ0v) is 23.1. The number of piperidine rings is 1. The van der Waals surface area contributed by atoms with Crippen molar-refractivity contribution in [1.29, 1.82) is 0 Å². The molecule has 2 saturated heterocycles. The van der Waals surface area contributed by atoms with Crippen LogP contribution in [-0.2, 0) is 22.3 Å². The normalized spacial score (nSPS) is 16.6. The Kier molecular flexibility index (Phi) is 8.11. The van der Waals surface area contributed by atoms with Crippen molar-refractivity contribution in [3.8, 4) is 5.75 Å². The third-order valence-electron chi connectivity index (χ3n) is 7.88. The van der Waals surface area contributed by atoms with Crippen molar-refractivity contribution in [2.24, 2.45) is 0 Å². The lowest BCUT2D eigenvalue weighted by molar-refractivity contribution is -0.138. The lowest BCUT2D eigenvalue weighted by Crippen LogP contribution is -2.57. The van der Waals surface area contributed by atoms with Gasteiger partial charge in [-0.3, -0.25) is 14.4 Å². The van der Waals surface area contributed by atoms with Crippen molar-refractivity contribution in [3.05, 3.63) is 95.6 Å². The van der Waals surface area contributed by atoms with Crippen LogP contribution in [0.15, 0.2) is 78.9 Å². The van der Waals surface area contributed by atoms with E-state index in [4.69, 9.17) is 4.74 Å². The first-order valence-electron chi connectivity index (χ1n) is 13.6. The molecule has 0 bridgehead atoms. The standard InChI is InChI=1S/C31H31F3N4O4/c1-42-26-12-10-23(11-13-26)28(40)36-16-14-30(15-17-36)29(41)37(21-38(30)25-8-3-2-4-9-25)20-27(39)35-19-22-6-5-7-24(18-22)31(32,33)34/h2-13,18H,14-17,19-21H2,1H3,(H,35,39). The Morgan fingerprint density at radius 3 is 2.29 bits per heavy atom. The molecule has 0 unspecified atom stereocenters. The van der Waals surface area contributed by atoms with Gasteiger partial charge in [-0.2, -0.15) is 13.2 Å². The molecule has 0 radical (unpaired) electrons. The Morgan fingerprint density at radius 2 is 1.64 bits per heavy atom. The van der Waals surface area contributed by atoms with Gasteiger partial charge in [0.25, 0.3) is 11.8 Å². The van der Waals surface area contributed by atoms with Gasteiger partial charge in [0.1, 0.15) is 17.8 Å². The molecule has 42 heavy (non-hydrogen) atoms. The summed E-state index contributed by atoms with van der Waals surface area (Å²) >= 11 is 0. The first-order chi connectivity index (χ1) is 20.1. The lowest BCUT2D eigenvalue weighted by atomic mass is 9.85. The fourth-order valence-corrected chi connectivity index (χ4v) is 5.61. The Morgan fingerprint density at radius 1 is 0.952 bits per heavy atom. The number of alkyl halides is 3. The van der Waals surface area contributed by atoms with E-state index in [1.807, 2.05) is 35.2 Å². The molecule has 3 amide bonds. The zero-order valence-electron chi connectivity index (χ0n) is 23.1. The minimum Gasteiger partial charge on any atom is -0.497 e. The van der Waals surface area contributed by atoms with Gasteiger partial charge in [-0.25, -0.2) is 0 Å². The van der Waals surface area contributed by atoms with Gasteiger partial charge in [0.2, 0.25) is 5.91 Å². The molecule has 2 heterocycles. The van der Waals surface area contributed by atoms with Gasteiger partial charge in [0.05, 0.1) is 19.3 Å². The average Bonchev–Trinajstić information content (AvgIpc) is 3.26. The second-order valence-electron chi connectivity index (χ2n) is 10.4. The van der Waals surface area contributed by atoms with E-state index in [-0.39, 0.29) is 31.6 Å². The van der Waals surface area contributed by atoms with Crippen molar-refractivity contribution in [1.82, 2.24) is 15.1 Å². The lowest BCUT2D eigenvalue weighted by Gasteiger charge is -2.43. The number of carbonyl (C=O) groups excluding carboxylic acids is 3. The van der Waals surface area contributed by atoms with Crippen LogP contribution in [0.2, 0.25) is 0 Å². The van der Waals surface area contributed by atoms with Gasteiger partial charge in [0, 0.05) is 30.9 Å². The number of rotatable bonds is 7. The SMILES string of the molecule is COc1ccc(C(=O)N2CCC3(CC2)C(=O)N(CC(=O)NCc2cccc(C(F)(F)F)c2)CN3c2ccccc2)cc1. The van der Waals surface area contributed by atoms with Crippen LogP contribution in [0.5, 0.6) is 5.75 Å². The topological polar surface area (TPSA) is 82.2 Å². The molecule has 2 fully saturated rings. The molecule has 220 valence electrons. The highest BCUT2D eigenvalue weighted by Crippen LogP contribution is 2.39. The number of hydrogen-bond acceptors (Lipinski definition) is 5. The van der Waals surface area contributed by atoms with Crippen LogP contribution in [0.1, 0.15) is 34.3 Å². The maximum atomic E-state index is 13.9. The molecule has 1 spiro atoms. The molecular weight excluding hydrogens is 549 g/mol. The molecule has 2 aliphatic rings. The minimum absolute atomic E-state index is 0.0965. The highest BCUT2D eigenvalue weighted by atomic mass is 19.4. The molecule has 8 nitrogen and oxygen atoms in total. The zero-order chi connectivity index (χ0) is 29.9. The van der Waals surface area contributed by atoms with Crippen LogP contribution < -0.4 is 15.0 Å². The molecule has 0 aliphatic carbocycles. The second-order valence-corrected chi connectivity index (χ2v) is 10.4. The molecule has 5 rings (SSSR count). The van der Waals surface area contributed by atoms with E-state index < -0.39 is 23.2 Å². The number of carbonyl (C=O) groups is 3. The van der Waals surface area contributed by atoms with Crippen molar-refractivity contribution < 1.29 is 32.3 Å². The molecule has 0 aromatic heterocycles. The number of amides is 3. The van der Waals surface area contributed by atoms with Crippen molar-refractivity contribution in [2.75, 3.05) is 38.3 Å². The summed E-state index contributed by atoms with van der Waals surface area (Å²) in [6.45, 7) is 0.551. The quantitative estimate of drug-likeness (QED) is 0.451. The van der Waals surface area contributed by atoms with Gasteiger partial charge < -0.3 is 24.8 Å². The molecule has 1 N–H and O–H groups in total. The molecule has 0 saturated carbocycles. The number of ether oxygens (including phenoxy) is 1. The van der Waals surface area contributed by atoms with Gasteiger partial charge >= 0.3 is 6.18 Å². The molecule has 0 atom stereocenters.